The average Bonchev–Trinajstić information content (AvgIpc) is 2.47. The van der Waals surface area contributed by atoms with E-state index in [1.807, 2.05) is 25.4 Å². The molecule has 0 aliphatic heterocycles. The van der Waals surface area contributed by atoms with Crippen LogP contribution in [0.25, 0.3) is 0 Å². The standard InChI is InChI=1S/C18H21ClN2/c1-12-9-14(11-15(19)10-12)17(20-2)16-7-3-5-13-6-4-8-21-18(13)16/h4,6,8-11,16-17,20H,3,5,7H2,1-2H3. The van der Waals surface area contributed by atoms with Gasteiger partial charge < -0.3 is 5.32 Å². The van der Waals surface area contributed by atoms with E-state index < -0.39 is 0 Å². The van der Waals surface area contributed by atoms with Crippen LogP contribution in [-0.4, -0.2) is 12.0 Å². The maximum atomic E-state index is 6.25. The summed E-state index contributed by atoms with van der Waals surface area (Å²) in [7, 11) is 2.03. The first kappa shape index (κ1) is 14.6. The zero-order chi connectivity index (χ0) is 14.8. The van der Waals surface area contributed by atoms with Crippen molar-refractivity contribution in [3.05, 3.63) is 63.9 Å². The third kappa shape index (κ3) is 2.97. The average molecular weight is 301 g/mol. The Hall–Kier alpha value is -1.38. The number of aromatic nitrogens is 1. The molecule has 0 saturated heterocycles. The smallest absolute Gasteiger partial charge is 0.0485 e. The van der Waals surface area contributed by atoms with Gasteiger partial charge in [0.2, 0.25) is 0 Å². The van der Waals surface area contributed by atoms with Gasteiger partial charge in [0.1, 0.15) is 0 Å². The molecule has 0 saturated carbocycles. The van der Waals surface area contributed by atoms with Crippen LogP contribution in [0.3, 0.4) is 0 Å². The van der Waals surface area contributed by atoms with Gasteiger partial charge in [0, 0.05) is 28.9 Å². The van der Waals surface area contributed by atoms with Crippen molar-refractivity contribution in [2.75, 3.05) is 7.05 Å². The molecule has 1 aliphatic carbocycles. The SMILES string of the molecule is CNC(c1cc(C)cc(Cl)c1)C1CCCc2cccnc21. The van der Waals surface area contributed by atoms with E-state index in [-0.39, 0.29) is 6.04 Å². The zero-order valence-electron chi connectivity index (χ0n) is 12.6. The highest BCUT2D eigenvalue weighted by atomic mass is 35.5. The Kier molecular flexibility index (Phi) is 4.27. The van der Waals surface area contributed by atoms with E-state index in [1.54, 1.807) is 0 Å². The van der Waals surface area contributed by atoms with Gasteiger partial charge >= 0.3 is 0 Å². The first-order chi connectivity index (χ1) is 10.2. The molecule has 0 fully saturated rings. The molecule has 0 bridgehead atoms. The Balaban J connectivity index is 2.01. The normalized spacial score (nSPS) is 19.1. The number of nitrogens with zero attached hydrogens (tertiary/aromatic N) is 1. The molecule has 1 aliphatic rings. The van der Waals surface area contributed by atoms with Crippen LogP contribution in [0, 0.1) is 6.92 Å². The summed E-state index contributed by atoms with van der Waals surface area (Å²) in [5.41, 5.74) is 5.11. The third-order valence-electron chi connectivity index (χ3n) is 4.38. The van der Waals surface area contributed by atoms with Crippen LogP contribution < -0.4 is 5.32 Å². The van der Waals surface area contributed by atoms with E-state index in [2.05, 4.69) is 35.4 Å². The second kappa shape index (κ2) is 6.17. The molecule has 2 unspecified atom stereocenters. The minimum Gasteiger partial charge on any atom is -0.312 e. The van der Waals surface area contributed by atoms with E-state index in [1.165, 1.54) is 35.2 Å². The molecular formula is C18H21ClN2. The number of likely N-dealkylation sites (N-methyl/N-ethyl adjacent to an activating group) is 1. The monoisotopic (exact) mass is 300 g/mol. The third-order valence-corrected chi connectivity index (χ3v) is 4.59. The summed E-state index contributed by atoms with van der Waals surface area (Å²) in [6.07, 6.45) is 5.44. The lowest BCUT2D eigenvalue weighted by atomic mass is 9.79. The molecule has 0 radical (unpaired) electrons. The lowest BCUT2D eigenvalue weighted by Crippen LogP contribution is -2.27. The molecule has 1 aromatic heterocycles. The molecule has 21 heavy (non-hydrogen) atoms. The van der Waals surface area contributed by atoms with Gasteiger partial charge in [0.25, 0.3) is 0 Å². The number of aryl methyl sites for hydroxylation is 2. The van der Waals surface area contributed by atoms with Crippen molar-refractivity contribution in [1.29, 1.82) is 0 Å². The number of halogens is 1. The maximum absolute atomic E-state index is 6.25. The van der Waals surface area contributed by atoms with Crippen molar-refractivity contribution >= 4 is 11.6 Å². The second-order valence-electron chi connectivity index (χ2n) is 5.87. The Labute approximate surface area is 131 Å². The molecule has 0 spiro atoms. The summed E-state index contributed by atoms with van der Waals surface area (Å²) in [4.78, 5) is 4.67. The van der Waals surface area contributed by atoms with Crippen LogP contribution in [0.4, 0.5) is 0 Å². The van der Waals surface area contributed by atoms with E-state index in [9.17, 15) is 0 Å². The zero-order valence-corrected chi connectivity index (χ0v) is 13.3. The number of pyridine rings is 1. The molecule has 3 rings (SSSR count). The van der Waals surface area contributed by atoms with Gasteiger partial charge in [-0.25, -0.2) is 0 Å². The Morgan fingerprint density at radius 2 is 2.19 bits per heavy atom. The summed E-state index contributed by atoms with van der Waals surface area (Å²) in [6, 6.07) is 10.8. The van der Waals surface area contributed by atoms with Crippen molar-refractivity contribution in [3.63, 3.8) is 0 Å². The Morgan fingerprint density at radius 3 is 2.95 bits per heavy atom. The molecule has 2 nitrogen and oxygen atoms in total. The van der Waals surface area contributed by atoms with Crippen LogP contribution in [0.15, 0.2) is 36.5 Å². The lowest BCUT2D eigenvalue weighted by molar-refractivity contribution is 0.415. The number of nitrogens with one attached hydrogen (secondary N) is 1. The molecule has 3 heteroatoms. The van der Waals surface area contributed by atoms with Crippen molar-refractivity contribution < 1.29 is 0 Å². The van der Waals surface area contributed by atoms with Gasteiger partial charge in [-0.1, -0.05) is 23.7 Å². The number of fused-ring (bicyclic) bond motifs is 1. The summed E-state index contributed by atoms with van der Waals surface area (Å²) in [6.45, 7) is 2.09. The summed E-state index contributed by atoms with van der Waals surface area (Å²) >= 11 is 6.25. The molecule has 110 valence electrons. The highest BCUT2D eigenvalue weighted by Crippen LogP contribution is 2.39. The van der Waals surface area contributed by atoms with Crippen LogP contribution >= 0.6 is 11.6 Å². The van der Waals surface area contributed by atoms with E-state index >= 15 is 0 Å². The molecule has 2 aromatic rings. The van der Waals surface area contributed by atoms with Gasteiger partial charge in [0.15, 0.2) is 0 Å². The first-order valence-electron chi connectivity index (χ1n) is 7.57. The van der Waals surface area contributed by atoms with E-state index in [4.69, 9.17) is 11.6 Å². The van der Waals surface area contributed by atoms with Gasteiger partial charge in [-0.05, 0) is 68.1 Å². The molecule has 1 heterocycles. The van der Waals surface area contributed by atoms with Crippen molar-refractivity contribution in [2.45, 2.75) is 38.1 Å². The van der Waals surface area contributed by atoms with Crippen molar-refractivity contribution in [1.82, 2.24) is 10.3 Å². The van der Waals surface area contributed by atoms with E-state index in [0.29, 0.717) is 5.92 Å². The Morgan fingerprint density at radius 1 is 1.33 bits per heavy atom. The van der Waals surface area contributed by atoms with Crippen LogP contribution in [0.1, 0.15) is 47.2 Å². The summed E-state index contributed by atoms with van der Waals surface area (Å²) < 4.78 is 0. The molecule has 1 aromatic carbocycles. The molecule has 1 N–H and O–H groups in total. The highest BCUT2D eigenvalue weighted by Gasteiger charge is 2.29. The Bertz CT molecular complexity index is 619. The minimum atomic E-state index is 0.261. The van der Waals surface area contributed by atoms with Crippen LogP contribution in [0.5, 0.6) is 0 Å². The molecular weight excluding hydrogens is 280 g/mol. The fraction of sp³-hybridized carbons (Fsp3) is 0.389. The predicted molar refractivity (Wildman–Crippen MR) is 87.9 cm³/mol. The van der Waals surface area contributed by atoms with Gasteiger partial charge in [0.05, 0.1) is 0 Å². The van der Waals surface area contributed by atoms with Gasteiger partial charge in [-0.3, -0.25) is 4.98 Å². The topological polar surface area (TPSA) is 24.9 Å². The number of benzene rings is 1. The quantitative estimate of drug-likeness (QED) is 0.907. The first-order valence-corrected chi connectivity index (χ1v) is 7.95. The molecule has 0 amide bonds. The summed E-state index contributed by atoms with van der Waals surface area (Å²) in [5.74, 6) is 0.415. The van der Waals surface area contributed by atoms with Crippen molar-refractivity contribution in [3.8, 4) is 0 Å². The summed E-state index contributed by atoms with van der Waals surface area (Å²) in [5, 5.41) is 4.29. The predicted octanol–water partition coefficient (Wildman–Crippen LogP) is 4.42. The second-order valence-corrected chi connectivity index (χ2v) is 6.31. The van der Waals surface area contributed by atoms with E-state index in [0.717, 1.165) is 11.4 Å². The number of rotatable bonds is 3. The van der Waals surface area contributed by atoms with Gasteiger partial charge in [-0.2, -0.15) is 0 Å². The fourth-order valence-corrected chi connectivity index (χ4v) is 3.81. The minimum absolute atomic E-state index is 0.261. The largest absolute Gasteiger partial charge is 0.312 e. The van der Waals surface area contributed by atoms with Crippen molar-refractivity contribution in [2.24, 2.45) is 0 Å². The number of hydrogen-bond donors (Lipinski definition) is 1. The fourth-order valence-electron chi connectivity index (χ4n) is 3.51. The lowest BCUT2D eigenvalue weighted by Gasteiger charge is -2.31. The number of hydrogen-bond acceptors (Lipinski definition) is 2. The van der Waals surface area contributed by atoms with Crippen LogP contribution in [0.2, 0.25) is 5.02 Å². The highest BCUT2D eigenvalue weighted by molar-refractivity contribution is 6.30. The van der Waals surface area contributed by atoms with Crippen LogP contribution in [-0.2, 0) is 6.42 Å². The maximum Gasteiger partial charge on any atom is 0.0485 e. The van der Waals surface area contributed by atoms with Gasteiger partial charge in [-0.15, -0.1) is 0 Å². The molecule has 2 atom stereocenters.